The molecule has 0 bridgehead atoms. The second-order valence-electron chi connectivity index (χ2n) is 5.30. The fraction of sp³-hybridized carbons (Fsp3) is 0.909. The SMILES string of the molecule is CC(C)(C)[S@@+]([O-])/N=C/[C@H]1CC[C@H](C(F)(F)F)CO1. The molecule has 0 aliphatic carbocycles. The van der Waals surface area contributed by atoms with Gasteiger partial charge in [-0.3, -0.25) is 0 Å². The van der Waals surface area contributed by atoms with Crippen molar-refractivity contribution in [3.05, 3.63) is 0 Å². The Morgan fingerprint density at radius 1 is 1.28 bits per heavy atom. The average molecular weight is 285 g/mol. The molecule has 0 spiro atoms. The first-order valence-electron chi connectivity index (χ1n) is 5.75. The molecule has 1 heterocycles. The van der Waals surface area contributed by atoms with E-state index in [1.54, 1.807) is 20.8 Å². The Bertz CT molecular complexity index is 294. The van der Waals surface area contributed by atoms with E-state index in [4.69, 9.17) is 4.74 Å². The third kappa shape index (κ3) is 4.78. The summed E-state index contributed by atoms with van der Waals surface area (Å²) < 4.78 is 57.2. The highest BCUT2D eigenvalue weighted by molar-refractivity contribution is 7.91. The molecule has 18 heavy (non-hydrogen) atoms. The van der Waals surface area contributed by atoms with Crippen LogP contribution in [0.2, 0.25) is 0 Å². The van der Waals surface area contributed by atoms with Crippen molar-refractivity contribution in [3.8, 4) is 0 Å². The number of rotatable bonds is 2. The van der Waals surface area contributed by atoms with Gasteiger partial charge < -0.3 is 9.29 Å². The third-order valence-corrected chi connectivity index (χ3v) is 3.98. The van der Waals surface area contributed by atoms with Crippen LogP contribution >= 0.6 is 0 Å². The van der Waals surface area contributed by atoms with Gasteiger partial charge in [0.15, 0.2) is 0 Å². The number of halogens is 3. The lowest BCUT2D eigenvalue weighted by molar-refractivity contribution is -0.202. The number of nitrogens with zero attached hydrogens (tertiary/aromatic N) is 1. The van der Waals surface area contributed by atoms with Crippen LogP contribution in [-0.2, 0) is 16.1 Å². The van der Waals surface area contributed by atoms with Crippen molar-refractivity contribution in [2.24, 2.45) is 10.3 Å². The van der Waals surface area contributed by atoms with Crippen molar-refractivity contribution >= 4 is 17.6 Å². The van der Waals surface area contributed by atoms with Crippen LogP contribution in [0.1, 0.15) is 33.6 Å². The van der Waals surface area contributed by atoms with Gasteiger partial charge >= 0.3 is 6.18 Å². The average Bonchev–Trinajstić information content (AvgIpc) is 2.24. The molecule has 7 heteroatoms. The standard InChI is InChI=1S/C11H18F3NO2S/c1-10(2,3)18(16)15-6-9-5-4-8(7-17-9)11(12,13)14/h6,8-9H,4-5,7H2,1-3H3/b15-6+/t8-,9+,18+/m0/s1. The van der Waals surface area contributed by atoms with E-state index in [0.717, 1.165) is 0 Å². The summed E-state index contributed by atoms with van der Waals surface area (Å²) in [4.78, 5) is 0. The summed E-state index contributed by atoms with van der Waals surface area (Å²) in [6.45, 7) is 4.99. The second kappa shape index (κ2) is 5.79. The molecule has 3 atom stereocenters. The van der Waals surface area contributed by atoms with Gasteiger partial charge in [0.05, 0.1) is 24.8 Å². The smallest absolute Gasteiger partial charge is 0.394 e. The molecule has 0 N–H and O–H groups in total. The molecule has 1 saturated heterocycles. The van der Waals surface area contributed by atoms with E-state index in [2.05, 4.69) is 4.40 Å². The van der Waals surface area contributed by atoms with Crippen molar-refractivity contribution < 1.29 is 22.5 Å². The largest absolute Gasteiger partial charge is 0.591 e. The van der Waals surface area contributed by atoms with Crippen LogP contribution in [0.5, 0.6) is 0 Å². The van der Waals surface area contributed by atoms with Crippen molar-refractivity contribution in [1.29, 1.82) is 0 Å². The molecule has 1 aliphatic rings. The Morgan fingerprint density at radius 3 is 2.28 bits per heavy atom. The van der Waals surface area contributed by atoms with Gasteiger partial charge in [0, 0.05) is 0 Å². The maximum Gasteiger partial charge on any atom is 0.394 e. The van der Waals surface area contributed by atoms with Gasteiger partial charge in [0.1, 0.15) is 16.1 Å². The Balaban J connectivity index is 2.43. The number of alkyl halides is 3. The van der Waals surface area contributed by atoms with E-state index in [1.165, 1.54) is 6.21 Å². The fourth-order valence-electron chi connectivity index (χ4n) is 1.43. The highest BCUT2D eigenvalue weighted by Gasteiger charge is 2.42. The summed E-state index contributed by atoms with van der Waals surface area (Å²) in [6.07, 6.45) is -3.00. The Kier molecular flexibility index (Phi) is 5.08. The molecule has 0 aromatic carbocycles. The molecule has 0 radical (unpaired) electrons. The minimum Gasteiger partial charge on any atom is -0.591 e. The van der Waals surface area contributed by atoms with E-state index in [-0.39, 0.29) is 19.4 Å². The topological polar surface area (TPSA) is 44.7 Å². The zero-order valence-corrected chi connectivity index (χ0v) is 11.5. The molecule has 0 saturated carbocycles. The third-order valence-electron chi connectivity index (χ3n) is 2.62. The monoisotopic (exact) mass is 285 g/mol. The normalized spacial score (nSPS) is 28.6. The van der Waals surface area contributed by atoms with E-state index in [1.807, 2.05) is 0 Å². The lowest BCUT2D eigenvalue weighted by Crippen LogP contribution is -2.36. The summed E-state index contributed by atoms with van der Waals surface area (Å²) >= 11 is -1.40. The minimum atomic E-state index is -4.20. The van der Waals surface area contributed by atoms with Gasteiger partial charge in [-0.25, -0.2) is 0 Å². The van der Waals surface area contributed by atoms with Crippen LogP contribution in [0.25, 0.3) is 0 Å². The molecule has 3 nitrogen and oxygen atoms in total. The molecule has 0 amide bonds. The number of ether oxygens (including phenoxy) is 1. The molecule has 1 aliphatic heterocycles. The Labute approximate surface area is 108 Å². The summed E-state index contributed by atoms with van der Waals surface area (Å²) in [7, 11) is 0. The van der Waals surface area contributed by atoms with Gasteiger partial charge in [0.25, 0.3) is 0 Å². The lowest BCUT2D eigenvalue weighted by atomic mass is 9.98. The van der Waals surface area contributed by atoms with Crippen molar-refractivity contribution in [2.75, 3.05) is 6.61 Å². The summed E-state index contributed by atoms with van der Waals surface area (Å²) in [6, 6.07) is 0. The first kappa shape index (κ1) is 15.8. The highest BCUT2D eigenvalue weighted by Crippen LogP contribution is 2.33. The summed E-state index contributed by atoms with van der Waals surface area (Å²) in [5.74, 6) is -1.39. The van der Waals surface area contributed by atoms with E-state index >= 15 is 0 Å². The zero-order valence-electron chi connectivity index (χ0n) is 10.7. The van der Waals surface area contributed by atoms with Crippen molar-refractivity contribution in [1.82, 2.24) is 0 Å². The van der Waals surface area contributed by atoms with Gasteiger partial charge in [0.2, 0.25) is 0 Å². The molecule has 0 unspecified atom stereocenters. The predicted molar refractivity (Wildman–Crippen MR) is 64.9 cm³/mol. The van der Waals surface area contributed by atoms with Crippen LogP contribution < -0.4 is 0 Å². The van der Waals surface area contributed by atoms with Crippen LogP contribution in [0.4, 0.5) is 13.2 Å². The van der Waals surface area contributed by atoms with E-state index < -0.39 is 34.3 Å². The van der Waals surface area contributed by atoms with Crippen LogP contribution in [0.3, 0.4) is 0 Å². The van der Waals surface area contributed by atoms with Crippen molar-refractivity contribution in [3.63, 3.8) is 0 Å². The van der Waals surface area contributed by atoms with Crippen LogP contribution in [-0.4, -0.2) is 34.4 Å². The second-order valence-corrected chi connectivity index (χ2v) is 7.24. The number of hydrogen-bond donors (Lipinski definition) is 0. The molecular weight excluding hydrogens is 267 g/mol. The predicted octanol–water partition coefficient (Wildman–Crippen LogP) is 2.88. The number of hydrogen-bond acceptors (Lipinski definition) is 3. The molecular formula is C11H18F3NO2S. The quantitative estimate of drug-likeness (QED) is 0.578. The Morgan fingerprint density at radius 2 is 1.89 bits per heavy atom. The van der Waals surface area contributed by atoms with E-state index in [0.29, 0.717) is 0 Å². The van der Waals surface area contributed by atoms with Crippen LogP contribution in [0, 0.1) is 5.92 Å². The van der Waals surface area contributed by atoms with Gasteiger partial charge in [-0.1, -0.05) is 4.40 Å². The first-order valence-corrected chi connectivity index (χ1v) is 6.86. The zero-order chi connectivity index (χ0) is 14.0. The Hall–Kier alpha value is -0.270. The van der Waals surface area contributed by atoms with Gasteiger partial charge in [-0.15, -0.1) is 0 Å². The van der Waals surface area contributed by atoms with E-state index in [9.17, 15) is 17.7 Å². The molecule has 1 rings (SSSR count). The first-order chi connectivity index (χ1) is 8.10. The molecule has 0 aromatic rings. The highest BCUT2D eigenvalue weighted by atomic mass is 32.2. The van der Waals surface area contributed by atoms with Crippen LogP contribution in [0.15, 0.2) is 4.40 Å². The minimum absolute atomic E-state index is 0.0301. The maximum absolute atomic E-state index is 12.4. The van der Waals surface area contributed by atoms with Gasteiger partial charge in [-0.2, -0.15) is 13.2 Å². The van der Waals surface area contributed by atoms with Crippen molar-refractivity contribution in [2.45, 2.75) is 50.6 Å². The molecule has 106 valence electrons. The molecule has 1 fully saturated rings. The van der Waals surface area contributed by atoms with Gasteiger partial charge in [-0.05, 0) is 33.6 Å². The lowest BCUT2D eigenvalue weighted by Gasteiger charge is -2.28. The maximum atomic E-state index is 12.4. The molecule has 0 aromatic heterocycles. The fourth-order valence-corrected chi connectivity index (χ4v) is 1.99. The summed E-state index contributed by atoms with van der Waals surface area (Å²) in [5.41, 5.74) is 0. The summed E-state index contributed by atoms with van der Waals surface area (Å²) in [5, 5.41) is 0.